The number of benzene rings is 4. The lowest BCUT2D eigenvalue weighted by Gasteiger charge is -2.07. The summed E-state index contributed by atoms with van der Waals surface area (Å²) in [6.45, 7) is 3.21. The van der Waals surface area contributed by atoms with E-state index in [0.717, 1.165) is 73.4 Å². The van der Waals surface area contributed by atoms with Crippen molar-refractivity contribution in [3.05, 3.63) is 266 Å². The normalized spacial score (nSPS) is 10.7. The quantitative estimate of drug-likeness (QED) is 0.0466. The highest BCUT2D eigenvalue weighted by Gasteiger charge is 2.24. The van der Waals surface area contributed by atoms with Crippen molar-refractivity contribution in [2.75, 3.05) is 21.3 Å². The summed E-state index contributed by atoms with van der Waals surface area (Å²) in [7, 11) is 1.00. The van der Waals surface area contributed by atoms with Crippen molar-refractivity contribution in [1.82, 2.24) is 34.9 Å². The van der Waals surface area contributed by atoms with Crippen molar-refractivity contribution in [3.63, 3.8) is 0 Å². The lowest BCUT2D eigenvalue weighted by atomic mass is 10.1. The Morgan fingerprint density at radius 1 is 0.526 bits per heavy atom. The van der Waals surface area contributed by atoms with Gasteiger partial charge in [0.2, 0.25) is 0 Å². The third-order valence-electron chi connectivity index (χ3n) is 14.0. The number of carboxylic acids is 2. The molecular weight excluding hydrogens is 1480 g/mol. The molecule has 0 radical (unpaired) electrons. The molecule has 496 valence electrons. The van der Waals surface area contributed by atoms with Gasteiger partial charge in [-0.2, -0.15) is 11.3 Å². The predicted octanol–water partition coefficient (Wildman–Crippen LogP) is 16.6. The molecule has 0 aliphatic carbocycles. The second-order valence-corrected chi connectivity index (χ2v) is 29.5. The Hall–Kier alpha value is -9.58. The molecule has 13 aromatic rings. The van der Waals surface area contributed by atoms with Crippen LogP contribution < -0.4 is 30.2 Å². The smallest absolute Gasteiger partial charge is 0.336 e. The number of carbonyl (C=O) groups excluding carboxylic acids is 3. The molecule has 9 aromatic heterocycles. The fourth-order valence-corrected chi connectivity index (χ4v) is 15.1. The Bertz CT molecular complexity index is 4960. The topological polar surface area (TPSA) is 270 Å². The minimum Gasteiger partial charge on any atom is -0.497 e. The number of pyridine rings is 2. The van der Waals surface area contributed by atoms with E-state index in [9.17, 15) is 32.4 Å². The van der Waals surface area contributed by atoms with Crippen molar-refractivity contribution < 1.29 is 56.8 Å². The van der Waals surface area contributed by atoms with E-state index in [0.29, 0.717) is 64.0 Å². The van der Waals surface area contributed by atoms with Gasteiger partial charge in [-0.1, -0.05) is 54.1 Å². The lowest BCUT2D eigenvalue weighted by molar-refractivity contribution is 0.0686. The molecule has 0 bridgehead atoms. The zero-order chi connectivity index (χ0) is 69.0. The molecule has 0 atom stereocenters. The van der Waals surface area contributed by atoms with Crippen molar-refractivity contribution in [2.45, 2.75) is 31.5 Å². The Kier molecular flexibility index (Phi) is 25.4. The fourth-order valence-electron chi connectivity index (χ4n) is 9.03. The molecule has 27 heteroatoms. The zero-order valence-corrected chi connectivity index (χ0v) is 59.9. The average Bonchev–Trinajstić information content (AvgIpc) is 1.60. The number of rotatable bonds is 18. The molecular formula is C70H59Br2N7O12S6. The van der Waals surface area contributed by atoms with E-state index < -0.39 is 22.0 Å². The number of nitrogens with zero attached hydrogens (tertiary/aromatic N) is 3. The van der Waals surface area contributed by atoms with Gasteiger partial charge in [0.25, 0.3) is 27.7 Å². The van der Waals surface area contributed by atoms with Crippen molar-refractivity contribution in [2.24, 2.45) is 0 Å². The van der Waals surface area contributed by atoms with Gasteiger partial charge in [0.15, 0.2) is 5.65 Å². The SMILES string of the molecule is COc1cccc(CNC(=O)c2csc(-c3c[nH]c4ncccc34)c2)c1.COc1cccc(CNC(=O)c2csc(-c3cn(S(=O)(=O)c4ccc(C)cc4)c4ncccc34)c2)c1.COc1cccc(CNC(=O)c2csc(Br)c2)c1.O=C(O)c1ccsc1.O=C(O)c1csc(Br)c1. The van der Waals surface area contributed by atoms with Crippen molar-refractivity contribution in [1.29, 1.82) is 0 Å². The number of nitrogens with one attached hydrogen (secondary N) is 4. The first-order valence-electron chi connectivity index (χ1n) is 28.9. The highest BCUT2D eigenvalue weighted by molar-refractivity contribution is 9.11. The first-order valence-corrected chi connectivity index (χ1v) is 36.4. The Morgan fingerprint density at radius 2 is 0.990 bits per heavy atom. The van der Waals surface area contributed by atoms with E-state index in [1.54, 1.807) is 121 Å². The summed E-state index contributed by atoms with van der Waals surface area (Å²) < 4.78 is 45.5. The van der Waals surface area contributed by atoms with E-state index in [2.05, 4.69) is 62.8 Å². The number of carbonyl (C=O) groups is 5. The zero-order valence-electron chi connectivity index (χ0n) is 51.9. The Labute approximate surface area is 594 Å². The average molecular weight is 1540 g/mol. The van der Waals surface area contributed by atoms with E-state index in [1.807, 2.05) is 127 Å². The molecule has 0 unspecified atom stereocenters. The molecule has 0 saturated heterocycles. The summed E-state index contributed by atoms with van der Waals surface area (Å²) in [6, 6.07) is 45.7. The third kappa shape index (κ3) is 19.6. The van der Waals surface area contributed by atoms with Crippen LogP contribution in [0.15, 0.2) is 221 Å². The molecule has 97 heavy (non-hydrogen) atoms. The van der Waals surface area contributed by atoms with E-state index >= 15 is 0 Å². The summed E-state index contributed by atoms with van der Waals surface area (Å²) >= 11 is 13.7. The number of amides is 3. The maximum atomic E-state index is 13.4. The molecule has 0 spiro atoms. The Balaban J connectivity index is 0.000000157. The Morgan fingerprint density at radius 3 is 1.43 bits per heavy atom. The van der Waals surface area contributed by atoms with E-state index in [-0.39, 0.29) is 22.6 Å². The number of aromatic carboxylic acids is 2. The number of carboxylic acid groups (broad SMARTS) is 2. The number of thiophene rings is 5. The van der Waals surface area contributed by atoms with Crippen LogP contribution in [0, 0.1) is 6.92 Å². The number of ether oxygens (including phenoxy) is 3. The first kappa shape index (κ1) is 71.7. The number of hydrogen-bond donors (Lipinski definition) is 6. The maximum absolute atomic E-state index is 13.4. The standard InChI is InChI=1S/C27H23N3O4S2.C20H17N3O2S.C13H12BrNO2S.C5H3BrO2S.C5H4O2S/c1-18-8-10-22(11-9-18)36(32,33)30-16-24(23-7-4-12-28-26(23)30)25-14-20(17-35-25)27(31)29-15-19-5-3-6-21(13-19)34-2;1-25-15-5-2-4-13(8-15)10-23-20(24)14-9-18(26-12-14)17-11-22-19-16(17)6-3-7-21-19;1-17-11-4-2-3-9(5-11)7-15-13(16)10-6-12(14)18-8-10;6-4-1-3(2-9-4)5(7)8;6-5(7)4-1-2-8-3-4/h3-14,16-17H,15H2,1-2H3,(H,29,31);2-9,11-12H,10H2,1H3,(H,21,22)(H,23,24);2-6,8H,7H2,1H3,(H,15,16);1-2H,(H,7,8);1-3H,(H,6,7). The number of hydrogen-bond acceptors (Lipinski definition) is 17. The first-order chi connectivity index (χ1) is 46.8. The van der Waals surface area contributed by atoms with Gasteiger partial charge in [-0.15, -0.1) is 45.3 Å². The number of aryl methyl sites for hydroxylation is 1. The van der Waals surface area contributed by atoms with Crippen molar-refractivity contribution in [3.8, 4) is 38.1 Å². The van der Waals surface area contributed by atoms with Gasteiger partial charge in [0, 0.05) is 103 Å². The van der Waals surface area contributed by atoms with Gasteiger partial charge in [-0.25, -0.2) is 31.9 Å². The van der Waals surface area contributed by atoms with E-state index in [1.165, 1.54) is 49.3 Å². The van der Waals surface area contributed by atoms with Crippen molar-refractivity contribution >= 4 is 150 Å². The summed E-state index contributed by atoms with van der Waals surface area (Å²) in [5, 5.41) is 37.6. The van der Waals surface area contributed by atoms with Gasteiger partial charge in [-0.05, 0) is 164 Å². The summed E-state index contributed by atoms with van der Waals surface area (Å²) in [5.74, 6) is 0.193. The number of fused-ring (bicyclic) bond motifs is 2. The predicted molar refractivity (Wildman–Crippen MR) is 391 cm³/mol. The van der Waals surface area contributed by atoms with Crippen LogP contribution in [0.25, 0.3) is 42.9 Å². The summed E-state index contributed by atoms with van der Waals surface area (Å²) in [6.07, 6.45) is 6.84. The molecule has 0 fully saturated rings. The number of methoxy groups -OCH3 is 3. The lowest BCUT2D eigenvalue weighted by Crippen LogP contribution is -2.22. The molecule has 0 saturated carbocycles. The molecule has 19 nitrogen and oxygen atoms in total. The molecule has 13 rings (SSSR count). The highest BCUT2D eigenvalue weighted by atomic mass is 79.9. The van der Waals surface area contributed by atoms with Crippen LogP contribution in [0.1, 0.15) is 74.0 Å². The van der Waals surface area contributed by atoms with Gasteiger partial charge >= 0.3 is 11.9 Å². The van der Waals surface area contributed by atoms with Crippen LogP contribution >= 0.6 is 88.5 Å². The highest BCUT2D eigenvalue weighted by Crippen LogP contribution is 2.37. The van der Waals surface area contributed by atoms with Crippen LogP contribution in [-0.4, -0.2) is 88.5 Å². The fraction of sp³-hybridized carbons (Fsp3) is 0.100. The van der Waals surface area contributed by atoms with Crippen LogP contribution in [0.2, 0.25) is 0 Å². The van der Waals surface area contributed by atoms with Crippen LogP contribution in [-0.2, 0) is 29.7 Å². The number of aromatic nitrogens is 4. The molecule has 0 aliphatic rings. The monoisotopic (exact) mass is 1540 g/mol. The summed E-state index contributed by atoms with van der Waals surface area (Å²) in [4.78, 5) is 71.2. The largest absolute Gasteiger partial charge is 0.497 e. The van der Waals surface area contributed by atoms with Gasteiger partial charge < -0.3 is 45.4 Å². The minimum atomic E-state index is -3.85. The van der Waals surface area contributed by atoms with Gasteiger partial charge in [-0.3, -0.25) is 14.4 Å². The number of halogens is 2. The minimum absolute atomic E-state index is 0.0697. The van der Waals surface area contributed by atoms with Gasteiger partial charge in [0.1, 0.15) is 22.9 Å². The summed E-state index contributed by atoms with van der Waals surface area (Å²) in [5.41, 5.74) is 9.40. The number of H-pyrrole nitrogens is 1. The molecule has 0 aliphatic heterocycles. The molecule has 6 N–H and O–H groups in total. The molecule has 3 amide bonds. The van der Waals surface area contributed by atoms with E-state index in [4.69, 9.17) is 24.4 Å². The van der Waals surface area contributed by atoms with Crippen LogP contribution in [0.5, 0.6) is 17.2 Å². The molecule has 4 aromatic carbocycles. The third-order valence-corrected chi connectivity index (χ3v) is 21.3. The maximum Gasteiger partial charge on any atom is 0.336 e. The van der Waals surface area contributed by atoms with Crippen LogP contribution in [0.3, 0.4) is 0 Å². The van der Waals surface area contributed by atoms with Gasteiger partial charge in [0.05, 0.1) is 61.6 Å². The molecule has 9 heterocycles. The number of aromatic amines is 1. The second-order valence-electron chi connectivity index (χ2n) is 20.5. The van der Waals surface area contributed by atoms with Crippen LogP contribution in [0.4, 0.5) is 0 Å². The second kappa shape index (κ2) is 34.4.